The second kappa shape index (κ2) is 12.9. The lowest BCUT2D eigenvalue weighted by atomic mass is 10.1. The van der Waals surface area contributed by atoms with E-state index < -0.39 is 0 Å². The van der Waals surface area contributed by atoms with Gasteiger partial charge in [-0.3, -0.25) is 10.2 Å². The molecule has 0 aliphatic rings. The van der Waals surface area contributed by atoms with Gasteiger partial charge in [-0.15, -0.1) is 0 Å². The van der Waals surface area contributed by atoms with Gasteiger partial charge in [-0.25, -0.2) is 4.68 Å². The molecule has 8 heteroatoms. The van der Waals surface area contributed by atoms with E-state index in [0.717, 1.165) is 16.7 Å². The van der Waals surface area contributed by atoms with Crippen LogP contribution in [-0.4, -0.2) is 29.7 Å². The van der Waals surface area contributed by atoms with Crippen molar-refractivity contribution in [1.29, 1.82) is 0 Å². The number of ether oxygens (including phenoxy) is 2. The van der Waals surface area contributed by atoms with Crippen molar-refractivity contribution in [2.24, 2.45) is 12.1 Å². The number of aryl methyl sites for hydroxylation is 1. The number of halogens is 1. The van der Waals surface area contributed by atoms with E-state index in [4.69, 9.17) is 21.1 Å². The highest BCUT2D eigenvalue weighted by molar-refractivity contribution is 6.32. The molecule has 164 valence electrons. The molecule has 1 heterocycles. The van der Waals surface area contributed by atoms with Crippen molar-refractivity contribution in [2.75, 3.05) is 19.1 Å². The summed E-state index contributed by atoms with van der Waals surface area (Å²) in [4.78, 5) is 11.8. The smallest absolute Gasteiger partial charge is 0.287 e. The molecule has 0 spiro atoms. The van der Waals surface area contributed by atoms with Crippen molar-refractivity contribution in [3.05, 3.63) is 45.3 Å². The SMILES string of the molecule is CCCCCCCCCOc1ccc(/C=N\Nc2cnn(C)c(=O)c2Cl)cc1OC. The first kappa shape index (κ1) is 23.7. The first-order chi connectivity index (χ1) is 14.6. The highest BCUT2D eigenvalue weighted by Crippen LogP contribution is 2.28. The van der Waals surface area contributed by atoms with Crippen LogP contribution in [-0.2, 0) is 7.05 Å². The zero-order valence-corrected chi connectivity index (χ0v) is 18.7. The third-order valence-corrected chi connectivity index (χ3v) is 5.04. The Hall–Kier alpha value is -2.54. The maximum atomic E-state index is 11.8. The molecule has 0 amide bonds. The van der Waals surface area contributed by atoms with Crippen LogP contribution in [0.4, 0.5) is 5.69 Å². The van der Waals surface area contributed by atoms with E-state index in [1.165, 1.54) is 51.8 Å². The number of anilines is 1. The number of rotatable bonds is 13. The monoisotopic (exact) mass is 434 g/mol. The Bertz CT molecular complexity index is 883. The van der Waals surface area contributed by atoms with Crippen LogP contribution in [0.3, 0.4) is 0 Å². The van der Waals surface area contributed by atoms with Crippen LogP contribution in [0, 0.1) is 0 Å². The van der Waals surface area contributed by atoms with E-state index in [-0.39, 0.29) is 10.6 Å². The summed E-state index contributed by atoms with van der Waals surface area (Å²) in [7, 11) is 3.14. The van der Waals surface area contributed by atoms with E-state index >= 15 is 0 Å². The van der Waals surface area contributed by atoms with Crippen LogP contribution >= 0.6 is 11.6 Å². The summed E-state index contributed by atoms with van der Waals surface area (Å²) in [6.45, 7) is 2.91. The Morgan fingerprint density at radius 2 is 1.90 bits per heavy atom. The molecule has 0 aliphatic carbocycles. The number of hydrogen-bond acceptors (Lipinski definition) is 6. The minimum atomic E-state index is -0.388. The molecular formula is C22H31ClN4O3. The average molecular weight is 435 g/mol. The Kier molecular flexibility index (Phi) is 10.2. The molecule has 1 N–H and O–H groups in total. The molecule has 1 aromatic heterocycles. The van der Waals surface area contributed by atoms with Crippen LogP contribution in [0.25, 0.3) is 0 Å². The fourth-order valence-electron chi connectivity index (χ4n) is 2.89. The minimum absolute atomic E-state index is 0.0383. The summed E-state index contributed by atoms with van der Waals surface area (Å²) in [6, 6.07) is 5.60. The van der Waals surface area contributed by atoms with Gasteiger partial charge in [0.1, 0.15) is 10.7 Å². The number of unbranched alkanes of at least 4 members (excludes halogenated alkanes) is 6. The van der Waals surface area contributed by atoms with E-state index in [1.54, 1.807) is 13.3 Å². The summed E-state index contributed by atoms with van der Waals surface area (Å²) in [5.74, 6) is 1.36. The van der Waals surface area contributed by atoms with Crippen LogP contribution in [0.15, 0.2) is 34.3 Å². The third-order valence-electron chi connectivity index (χ3n) is 4.67. The highest BCUT2D eigenvalue weighted by Gasteiger charge is 2.07. The van der Waals surface area contributed by atoms with Gasteiger partial charge >= 0.3 is 0 Å². The Morgan fingerprint density at radius 1 is 1.17 bits per heavy atom. The van der Waals surface area contributed by atoms with Crippen molar-refractivity contribution in [1.82, 2.24) is 9.78 Å². The predicted molar refractivity (Wildman–Crippen MR) is 122 cm³/mol. The van der Waals surface area contributed by atoms with Crippen LogP contribution in [0.5, 0.6) is 11.5 Å². The molecule has 0 aliphatic heterocycles. The predicted octanol–water partition coefficient (Wildman–Crippen LogP) is 5.02. The molecular weight excluding hydrogens is 404 g/mol. The maximum absolute atomic E-state index is 11.8. The van der Waals surface area contributed by atoms with Gasteiger partial charge in [0, 0.05) is 7.05 Å². The van der Waals surface area contributed by atoms with Gasteiger partial charge in [-0.2, -0.15) is 10.2 Å². The number of benzene rings is 1. The maximum Gasteiger partial charge on any atom is 0.287 e. The van der Waals surface area contributed by atoms with E-state index in [9.17, 15) is 4.79 Å². The molecule has 0 radical (unpaired) electrons. The summed E-state index contributed by atoms with van der Waals surface area (Å²) in [5.41, 5.74) is 3.51. The van der Waals surface area contributed by atoms with Crippen molar-refractivity contribution < 1.29 is 9.47 Å². The van der Waals surface area contributed by atoms with Gasteiger partial charge in [0.15, 0.2) is 11.5 Å². The number of nitrogens with zero attached hydrogens (tertiary/aromatic N) is 3. The zero-order chi connectivity index (χ0) is 21.8. The van der Waals surface area contributed by atoms with E-state index in [2.05, 4.69) is 22.5 Å². The molecule has 0 bridgehead atoms. The third kappa shape index (κ3) is 7.37. The zero-order valence-electron chi connectivity index (χ0n) is 18.0. The summed E-state index contributed by atoms with van der Waals surface area (Å²) < 4.78 is 12.5. The normalized spacial score (nSPS) is 11.1. The number of hydrazone groups is 1. The van der Waals surface area contributed by atoms with E-state index in [0.29, 0.717) is 23.8 Å². The van der Waals surface area contributed by atoms with Gasteiger partial charge in [0.25, 0.3) is 5.56 Å². The Morgan fingerprint density at radius 3 is 2.63 bits per heavy atom. The lowest BCUT2D eigenvalue weighted by Crippen LogP contribution is -2.20. The fourth-order valence-corrected chi connectivity index (χ4v) is 3.10. The molecule has 7 nitrogen and oxygen atoms in total. The van der Waals surface area contributed by atoms with E-state index in [1.807, 2.05) is 18.2 Å². The van der Waals surface area contributed by atoms with Gasteiger partial charge in [0.2, 0.25) is 0 Å². The molecule has 30 heavy (non-hydrogen) atoms. The summed E-state index contributed by atoms with van der Waals surface area (Å²) in [5, 5.41) is 8.07. The summed E-state index contributed by atoms with van der Waals surface area (Å²) >= 11 is 6.00. The van der Waals surface area contributed by atoms with Crippen molar-refractivity contribution in [3.8, 4) is 11.5 Å². The van der Waals surface area contributed by atoms with Crippen molar-refractivity contribution >= 4 is 23.5 Å². The van der Waals surface area contributed by atoms with Gasteiger partial charge in [-0.1, -0.05) is 57.0 Å². The summed E-state index contributed by atoms with van der Waals surface area (Å²) in [6.07, 6.45) is 11.8. The Labute approximate surface area is 183 Å². The lowest BCUT2D eigenvalue weighted by molar-refractivity contribution is 0.284. The van der Waals surface area contributed by atoms with Crippen molar-refractivity contribution in [2.45, 2.75) is 51.9 Å². The molecule has 2 aromatic rings. The van der Waals surface area contributed by atoms with Gasteiger partial charge < -0.3 is 9.47 Å². The average Bonchev–Trinajstić information content (AvgIpc) is 2.76. The molecule has 0 atom stereocenters. The molecule has 0 saturated carbocycles. The van der Waals surface area contributed by atoms with Crippen LogP contribution < -0.4 is 20.5 Å². The number of methoxy groups -OCH3 is 1. The number of hydrogen-bond donors (Lipinski definition) is 1. The fraction of sp³-hybridized carbons (Fsp3) is 0.500. The molecule has 0 unspecified atom stereocenters. The largest absolute Gasteiger partial charge is 0.493 e. The standard InChI is InChI=1S/C22H31ClN4O3/c1-4-5-6-7-8-9-10-13-30-19-12-11-17(14-20(19)29-3)15-24-26-18-16-25-27(2)22(28)21(18)23/h11-12,14-16,26H,4-10,13H2,1-3H3/b24-15-. The molecule has 0 saturated heterocycles. The van der Waals surface area contributed by atoms with Crippen LogP contribution in [0.1, 0.15) is 57.4 Å². The van der Waals surface area contributed by atoms with Crippen LogP contribution in [0.2, 0.25) is 5.02 Å². The minimum Gasteiger partial charge on any atom is -0.493 e. The molecule has 0 fully saturated rings. The number of nitrogens with one attached hydrogen (secondary N) is 1. The lowest BCUT2D eigenvalue weighted by Gasteiger charge is -2.11. The highest BCUT2D eigenvalue weighted by atomic mass is 35.5. The Balaban J connectivity index is 1.85. The second-order valence-corrected chi connectivity index (χ2v) is 7.43. The first-order valence-corrected chi connectivity index (χ1v) is 10.8. The topological polar surface area (TPSA) is 77.7 Å². The molecule has 2 rings (SSSR count). The number of aromatic nitrogens is 2. The van der Waals surface area contributed by atoms with Gasteiger partial charge in [0.05, 0.1) is 26.1 Å². The quantitative estimate of drug-likeness (QED) is 0.272. The molecule has 1 aromatic carbocycles. The second-order valence-electron chi connectivity index (χ2n) is 7.05. The van der Waals surface area contributed by atoms with Crippen molar-refractivity contribution in [3.63, 3.8) is 0 Å². The van der Waals surface area contributed by atoms with Gasteiger partial charge in [-0.05, 0) is 30.2 Å². The first-order valence-electron chi connectivity index (χ1n) is 10.4.